The average molecular weight is 347 g/mol. The Kier molecular flexibility index (Phi) is 4.23. The van der Waals surface area contributed by atoms with Gasteiger partial charge in [-0.25, -0.2) is 12.8 Å². The highest BCUT2D eigenvalue weighted by Gasteiger charge is 2.38. The Morgan fingerprint density at radius 3 is 2.68 bits per heavy atom. The second-order valence-corrected chi connectivity index (χ2v) is 7.04. The molecule has 0 saturated heterocycles. The Morgan fingerprint density at radius 2 is 2.16 bits per heavy atom. The lowest BCUT2D eigenvalue weighted by molar-refractivity contribution is 0.410. The molecular formula is C12H12BrFN2O2S. The Labute approximate surface area is 120 Å². The Hall–Kier alpha value is -0.970. The average Bonchev–Trinajstić information content (AvgIpc) is 3.13. The molecule has 1 aromatic rings. The van der Waals surface area contributed by atoms with Gasteiger partial charge in [-0.3, -0.25) is 0 Å². The minimum Gasteiger partial charge on any atom is -0.207 e. The smallest absolute Gasteiger partial charge is 0.207 e. The number of benzene rings is 1. The number of nitrogens with zero attached hydrogens (tertiary/aromatic N) is 2. The molecule has 1 aromatic carbocycles. The van der Waals surface area contributed by atoms with Crippen LogP contribution in [0.4, 0.5) is 4.39 Å². The first kappa shape index (κ1) is 14.4. The summed E-state index contributed by atoms with van der Waals surface area (Å²) in [6.07, 6.45) is 1.77. The molecule has 0 amide bonds. The summed E-state index contributed by atoms with van der Waals surface area (Å²) >= 11 is 3.08. The molecule has 4 nitrogen and oxygen atoms in total. The van der Waals surface area contributed by atoms with E-state index in [9.17, 15) is 12.8 Å². The molecule has 0 aromatic heterocycles. The molecule has 0 spiro atoms. The SMILES string of the molecule is N#CCCN(C1CC1)S(=O)(=O)c1ccc(F)cc1Br. The van der Waals surface area contributed by atoms with E-state index < -0.39 is 15.8 Å². The molecule has 0 bridgehead atoms. The Morgan fingerprint density at radius 1 is 1.47 bits per heavy atom. The summed E-state index contributed by atoms with van der Waals surface area (Å²) in [6, 6.07) is 5.41. The van der Waals surface area contributed by atoms with Crippen LogP contribution in [0, 0.1) is 17.1 Å². The first-order valence-corrected chi connectivity index (χ1v) is 8.04. The largest absolute Gasteiger partial charge is 0.244 e. The van der Waals surface area contributed by atoms with Crippen molar-refractivity contribution in [3.63, 3.8) is 0 Å². The fourth-order valence-corrected chi connectivity index (χ4v) is 4.53. The number of halogens is 2. The van der Waals surface area contributed by atoms with Crippen LogP contribution in [0.25, 0.3) is 0 Å². The maximum atomic E-state index is 13.0. The molecule has 1 fully saturated rings. The van der Waals surface area contributed by atoms with Crippen molar-refractivity contribution in [3.8, 4) is 6.07 Å². The van der Waals surface area contributed by atoms with Crippen LogP contribution in [0.2, 0.25) is 0 Å². The lowest BCUT2D eigenvalue weighted by atomic mass is 10.3. The van der Waals surface area contributed by atoms with Crippen molar-refractivity contribution in [1.82, 2.24) is 4.31 Å². The van der Waals surface area contributed by atoms with Crippen LogP contribution >= 0.6 is 15.9 Å². The minimum atomic E-state index is -3.69. The molecule has 0 N–H and O–H groups in total. The lowest BCUT2D eigenvalue weighted by Gasteiger charge is -2.21. The zero-order valence-electron chi connectivity index (χ0n) is 10.0. The molecule has 0 unspecified atom stereocenters. The fraction of sp³-hybridized carbons (Fsp3) is 0.417. The molecule has 0 heterocycles. The standard InChI is InChI=1S/C12H12BrFN2O2S/c13-11-8-9(14)2-5-12(11)19(17,18)16(7-1-6-15)10-3-4-10/h2,5,8,10H,1,3-4,7H2. The molecule has 1 aliphatic rings. The Balaban J connectivity index is 2.36. The van der Waals surface area contributed by atoms with E-state index in [-0.39, 0.29) is 28.4 Å². The summed E-state index contributed by atoms with van der Waals surface area (Å²) in [6.45, 7) is 0.174. The fourth-order valence-electron chi connectivity index (χ4n) is 1.83. The molecule has 1 saturated carbocycles. The normalized spacial score (nSPS) is 15.5. The van der Waals surface area contributed by atoms with Gasteiger partial charge in [-0.05, 0) is 47.0 Å². The van der Waals surface area contributed by atoms with Crippen LogP contribution in [0.15, 0.2) is 27.6 Å². The summed E-state index contributed by atoms with van der Waals surface area (Å²) in [4.78, 5) is 0.0405. The summed E-state index contributed by atoms with van der Waals surface area (Å²) in [7, 11) is -3.69. The van der Waals surface area contributed by atoms with Crippen molar-refractivity contribution >= 4 is 26.0 Å². The second kappa shape index (κ2) is 5.57. The van der Waals surface area contributed by atoms with Gasteiger partial charge in [-0.2, -0.15) is 9.57 Å². The second-order valence-electron chi connectivity index (χ2n) is 4.33. The third-order valence-electron chi connectivity index (χ3n) is 2.88. The van der Waals surface area contributed by atoms with Gasteiger partial charge in [0.05, 0.1) is 11.0 Å². The van der Waals surface area contributed by atoms with Crippen molar-refractivity contribution in [2.24, 2.45) is 0 Å². The minimum absolute atomic E-state index is 0.0321. The van der Waals surface area contributed by atoms with Crippen molar-refractivity contribution in [1.29, 1.82) is 5.26 Å². The van der Waals surface area contributed by atoms with Gasteiger partial charge in [0.1, 0.15) is 5.82 Å². The molecule has 1 aliphatic carbocycles. The van der Waals surface area contributed by atoms with Crippen molar-refractivity contribution in [2.75, 3.05) is 6.54 Å². The Bertz CT molecular complexity index is 623. The molecule has 0 atom stereocenters. The van der Waals surface area contributed by atoms with Crippen LogP contribution < -0.4 is 0 Å². The highest BCUT2D eigenvalue weighted by Crippen LogP contribution is 2.34. The van der Waals surface area contributed by atoms with Gasteiger partial charge in [0.15, 0.2) is 0 Å². The predicted octanol–water partition coefficient (Wildman–Crippen LogP) is 2.65. The quantitative estimate of drug-likeness (QED) is 0.823. The van der Waals surface area contributed by atoms with E-state index in [0.717, 1.165) is 25.0 Å². The highest BCUT2D eigenvalue weighted by atomic mass is 79.9. The molecule has 0 radical (unpaired) electrons. The maximum Gasteiger partial charge on any atom is 0.244 e. The van der Waals surface area contributed by atoms with E-state index in [4.69, 9.17) is 5.26 Å². The molecular weight excluding hydrogens is 335 g/mol. The van der Waals surface area contributed by atoms with Crippen LogP contribution in [-0.4, -0.2) is 25.3 Å². The van der Waals surface area contributed by atoms with Gasteiger partial charge < -0.3 is 0 Å². The van der Waals surface area contributed by atoms with E-state index in [1.165, 1.54) is 10.4 Å². The summed E-state index contributed by atoms with van der Waals surface area (Å²) < 4.78 is 39.6. The van der Waals surface area contributed by atoms with Crippen LogP contribution in [0.5, 0.6) is 0 Å². The van der Waals surface area contributed by atoms with Crippen molar-refractivity contribution in [3.05, 3.63) is 28.5 Å². The molecule has 19 heavy (non-hydrogen) atoms. The van der Waals surface area contributed by atoms with Crippen molar-refractivity contribution < 1.29 is 12.8 Å². The van der Waals surface area contributed by atoms with Crippen LogP contribution in [-0.2, 0) is 10.0 Å². The van der Waals surface area contributed by atoms with Gasteiger partial charge in [-0.15, -0.1) is 0 Å². The monoisotopic (exact) mass is 346 g/mol. The van der Waals surface area contributed by atoms with Crippen LogP contribution in [0.3, 0.4) is 0 Å². The summed E-state index contributed by atoms with van der Waals surface area (Å²) in [5, 5.41) is 8.61. The van der Waals surface area contributed by atoms with Gasteiger partial charge in [0, 0.05) is 23.5 Å². The van der Waals surface area contributed by atoms with E-state index >= 15 is 0 Å². The van der Waals surface area contributed by atoms with E-state index in [0.29, 0.717) is 0 Å². The first-order chi connectivity index (χ1) is 8.96. The van der Waals surface area contributed by atoms with Gasteiger partial charge in [0.2, 0.25) is 10.0 Å². The summed E-state index contributed by atoms with van der Waals surface area (Å²) in [5.41, 5.74) is 0. The molecule has 7 heteroatoms. The number of sulfonamides is 1. The number of nitriles is 1. The third-order valence-corrected chi connectivity index (χ3v) is 5.81. The summed E-state index contributed by atoms with van der Waals surface area (Å²) in [5.74, 6) is -0.499. The van der Waals surface area contributed by atoms with Gasteiger partial charge >= 0.3 is 0 Å². The van der Waals surface area contributed by atoms with Gasteiger partial charge in [-0.1, -0.05) is 0 Å². The maximum absolute atomic E-state index is 13.0. The molecule has 2 rings (SSSR count). The number of hydrogen-bond donors (Lipinski definition) is 0. The number of hydrogen-bond acceptors (Lipinski definition) is 3. The predicted molar refractivity (Wildman–Crippen MR) is 71.2 cm³/mol. The zero-order valence-corrected chi connectivity index (χ0v) is 12.4. The van der Waals surface area contributed by atoms with E-state index in [1.54, 1.807) is 0 Å². The van der Waals surface area contributed by atoms with E-state index in [2.05, 4.69) is 15.9 Å². The van der Waals surface area contributed by atoms with Crippen molar-refractivity contribution in [2.45, 2.75) is 30.2 Å². The molecule has 102 valence electrons. The zero-order chi connectivity index (χ0) is 14.0. The van der Waals surface area contributed by atoms with E-state index in [1.807, 2.05) is 6.07 Å². The third kappa shape index (κ3) is 3.14. The van der Waals surface area contributed by atoms with Gasteiger partial charge in [0.25, 0.3) is 0 Å². The number of rotatable bonds is 5. The molecule has 0 aliphatic heterocycles. The topological polar surface area (TPSA) is 61.2 Å². The van der Waals surface area contributed by atoms with Crippen LogP contribution in [0.1, 0.15) is 19.3 Å². The first-order valence-electron chi connectivity index (χ1n) is 5.80. The lowest BCUT2D eigenvalue weighted by Crippen LogP contribution is -2.34. The highest BCUT2D eigenvalue weighted by molar-refractivity contribution is 9.10.